The van der Waals surface area contributed by atoms with Gasteiger partial charge >= 0.3 is 5.97 Å². The van der Waals surface area contributed by atoms with Crippen LogP contribution in [-0.2, 0) is 11.8 Å². The first kappa shape index (κ1) is 13.3. The zero-order chi connectivity index (χ0) is 14.2. The van der Waals surface area contributed by atoms with Gasteiger partial charge in [0.25, 0.3) is 0 Å². The molecule has 0 unspecified atom stereocenters. The van der Waals surface area contributed by atoms with Gasteiger partial charge in [0.15, 0.2) is 5.65 Å². The minimum atomic E-state index is -0.860. The maximum absolute atomic E-state index is 11.3. The van der Waals surface area contributed by atoms with E-state index < -0.39 is 12.0 Å². The molecule has 19 heavy (non-hydrogen) atoms. The van der Waals surface area contributed by atoms with Gasteiger partial charge in [-0.3, -0.25) is 4.68 Å². The summed E-state index contributed by atoms with van der Waals surface area (Å²) in [6.07, 6.45) is 1.66. The summed E-state index contributed by atoms with van der Waals surface area (Å²) >= 11 is 0. The lowest BCUT2D eigenvalue weighted by Gasteiger charge is -2.19. The molecule has 0 fully saturated rings. The Hall–Kier alpha value is -2.11. The lowest BCUT2D eigenvalue weighted by atomic mass is 10.0. The number of rotatable bonds is 4. The van der Waals surface area contributed by atoms with Gasteiger partial charge in [-0.1, -0.05) is 13.8 Å². The molecule has 0 spiro atoms. The zero-order valence-corrected chi connectivity index (χ0v) is 11.5. The molecule has 2 aromatic rings. The number of aliphatic carboxylic acids is 1. The summed E-state index contributed by atoms with van der Waals surface area (Å²) in [4.78, 5) is 15.5. The molecule has 1 atom stereocenters. The van der Waals surface area contributed by atoms with Crippen molar-refractivity contribution in [3.63, 3.8) is 0 Å². The van der Waals surface area contributed by atoms with Crippen LogP contribution in [-0.4, -0.2) is 31.9 Å². The van der Waals surface area contributed by atoms with Crippen LogP contribution in [0.5, 0.6) is 0 Å². The maximum atomic E-state index is 11.3. The van der Waals surface area contributed by atoms with Crippen LogP contribution in [0.1, 0.15) is 19.5 Å². The first-order chi connectivity index (χ1) is 8.91. The van der Waals surface area contributed by atoms with Crippen molar-refractivity contribution < 1.29 is 9.90 Å². The zero-order valence-electron chi connectivity index (χ0n) is 11.5. The second-order valence-electron chi connectivity index (χ2n) is 4.97. The molecule has 0 bridgehead atoms. The fourth-order valence-electron chi connectivity index (χ4n) is 2.18. The van der Waals surface area contributed by atoms with Crippen molar-refractivity contribution in [2.24, 2.45) is 13.0 Å². The molecule has 0 amide bonds. The van der Waals surface area contributed by atoms with E-state index in [9.17, 15) is 9.90 Å². The standard InChI is InChI=1S/C13H18N4O2/c1-7(2)11(13(18)19)15-9-5-6-14-12-10(9)8(3)16-17(12)4/h5-7,11H,1-4H3,(H,14,15)(H,18,19)/t11-/m1/s1. The number of hydrogen-bond acceptors (Lipinski definition) is 4. The fraction of sp³-hybridized carbons (Fsp3) is 0.462. The second-order valence-corrected chi connectivity index (χ2v) is 4.97. The number of hydrogen-bond donors (Lipinski definition) is 2. The molecule has 0 aliphatic rings. The smallest absolute Gasteiger partial charge is 0.326 e. The van der Waals surface area contributed by atoms with E-state index in [0.29, 0.717) is 0 Å². The average molecular weight is 262 g/mol. The van der Waals surface area contributed by atoms with E-state index >= 15 is 0 Å². The van der Waals surface area contributed by atoms with E-state index in [1.807, 2.05) is 27.8 Å². The van der Waals surface area contributed by atoms with Crippen LogP contribution in [0, 0.1) is 12.8 Å². The number of carbonyl (C=O) groups is 1. The van der Waals surface area contributed by atoms with Crippen molar-refractivity contribution in [2.75, 3.05) is 5.32 Å². The Labute approximate surface area is 111 Å². The van der Waals surface area contributed by atoms with Crippen LogP contribution in [0.3, 0.4) is 0 Å². The minimum Gasteiger partial charge on any atom is -0.480 e. The quantitative estimate of drug-likeness (QED) is 0.878. The molecular formula is C13H18N4O2. The van der Waals surface area contributed by atoms with Crippen molar-refractivity contribution in [1.29, 1.82) is 0 Å². The molecule has 0 aliphatic heterocycles. The number of fused-ring (bicyclic) bond motifs is 1. The fourth-order valence-corrected chi connectivity index (χ4v) is 2.18. The van der Waals surface area contributed by atoms with Gasteiger partial charge in [0.2, 0.25) is 0 Å². The van der Waals surface area contributed by atoms with Gasteiger partial charge in [0.1, 0.15) is 6.04 Å². The van der Waals surface area contributed by atoms with Gasteiger partial charge in [-0.15, -0.1) is 0 Å². The number of carboxylic acid groups (broad SMARTS) is 1. The topological polar surface area (TPSA) is 80.0 Å². The Morgan fingerprint density at radius 2 is 2.16 bits per heavy atom. The van der Waals surface area contributed by atoms with Crippen LogP contribution in [0.15, 0.2) is 12.3 Å². The first-order valence-electron chi connectivity index (χ1n) is 6.19. The molecule has 2 N–H and O–H groups in total. The molecule has 6 heteroatoms. The third-order valence-electron chi connectivity index (χ3n) is 3.14. The van der Waals surface area contributed by atoms with Crippen LogP contribution in [0.25, 0.3) is 11.0 Å². The van der Waals surface area contributed by atoms with Crippen LogP contribution < -0.4 is 5.32 Å². The largest absolute Gasteiger partial charge is 0.480 e. The van der Waals surface area contributed by atoms with Gasteiger partial charge < -0.3 is 10.4 Å². The highest BCUT2D eigenvalue weighted by atomic mass is 16.4. The Bertz CT molecular complexity index is 618. The second kappa shape index (κ2) is 4.87. The molecule has 0 radical (unpaired) electrons. The van der Waals surface area contributed by atoms with E-state index in [-0.39, 0.29) is 5.92 Å². The molecular weight excluding hydrogens is 244 g/mol. The van der Waals surface area contributed by atoms with Crippen LogP contribution in [0.2, 0.25) is 0 Å². The van der Waals surface area contributed by atoms with Crippen molar-refractivity contribution >= 4 is 22.7 Å². The third-order valence-corrected chi connectivity index (χ3v) is 3.14. The lowest BCUT2D eigenvalue weighted by Crippen LogP contribution is -2.34. The average Bonchev–Trinajstić information content (AvgIpc) is 2.62. The van der Waals surface area contributed by atoms with Crippen molar-refractivity contribution in [3.05, 3.63) is 18.0 Å². The van der Waals surface area contributed by atoms with Gasteiger partial charge in [0.05, 0.1) is 11.1 Å². The molecule has 2 heterocycles. The van der Waals surface area contributed by atoms with Crippen LogP contribution in [0.4, 0.5) is 5.69 Å². The van der Waals surface area contributed by atoms with Gasteiger partial charge in [0, 0.05) is 18.9 Å². The van der Waals surface area contributed by atoms with Crippen molar-refractivity contribution in [2.45, 2.75) is 26.8 Å². The maximum Gasteiger partial charge on any atom is 0.326 e. The molecule has 0 saturated heterocycles. The molecule has 2 rings (SSSR count). The minimum absolute atomic E-state index is 0.0160. The van der Waals surface area contributed by atoms with Crippen molar-refractivity contribution in [3.8, 4) is 0 Å². The first-order valence-corrected chi connectivity index (χ1v) is 6.19. The highest BCUT2D eigenvalue weighted by molar-refractivity contribution is 5.93. The van der Waals surface area contributed by atoms with Crippen LogP contribution >= 0.6 is 0 Å². The number of aromatic nitrogens is 3. The normalized spacial score (nSPS) is 12.9. The summed E-state index contributed by atoms with van der Waals surface area (Å²) in [5, 5.41) is 17.5. The van der Waals surface area contributed by atoms with E-state index in [1.54, 1.807) is 16.9 Å². The summed E-state index contributed by atoms with van der Waals surface area (Å²) in [5.41, 5.74) is 2.34. The Morgan fingerprint density at radius 3 is 2.74 bits per heavy atom. The molecule has 6 nitrogen and oxygen atoms in total. The van der Waals surface area contributed by atoms with Gasteiger partial charge in [-0.05, 0) is 18.9 Å². The molecule has 0 aliphatic carbocycles. The van der Waals surface area contributed by atoms with E-state index in [4.69, 9.17) is 0 Å². The van der Waals surface area contributed by atoms with E-state index in [2.05, 4.69) is 15.4 Å². The highest BCUT2D eigenvalue weighted by Gasteiger charge is 2.22. The highest BCUT2D eigenvalue weighted by Crippen LogP contribution is 2.25. The van der Waals surface area contributed by atoms with Gasteiger partial charge in [-0.2, -0.15) is 5.10 Å². The molecule has 102 valence electrons. The summed E-state index contributed by atoms with van der Waals surface area (Å²) in [5.74, 6) is -0.876. The molecule has 0 saturated carbocycles. The SMILES string of the molecule is Cc1nn(C)c2nccc(N[C@@H](C(=O)O)C(C)C)c12. The summed E-state index contributed by atoms with van der Waals surface area (Å²) in [7, 11) is 1.82. The number of nitrogens with one attached hydrogen (secondary N) is 1. The Balaban J connectivity index is 2.48. The monoisotopic (exact) mass is 262 g/mol. The van der Waals surface area contributed by atoms with Gasteiger partial charge in [-0.25, -0.2) is 9.78 Å². The predicted molar refractivity (Wildman–Crippen MR) is 73.1 cm³/mol. The summed E-state index contributed by atoms with van der Waals surface area (Å²) in [6.45, 7) is 5.64. The van der Waals surface area contributed by atoms with E-state index in [0.717, 1.165) is 22.4 Å². The lowest BCUT2D eigenvalue weighted by molar-refractivity contribution is -0.138. The van der Waals surface area contributed by atoms with E-state index in [1.165, 1.54) is 0 Å². The molecule has 0 aromatic carbocycles. The Morgan fingerprint density at radius 1 is 1.47 bits per heavy atom. The molecule has 2 aromatic heterocycles. The number of aryl methyl sites for hydroxylation is 2. The van der Waals surface area contributed by atoms with Crippen molar-refractivity contribution in [1.82, 2.24) is 14.8 Å². The number of nitrogens with zero attached hydrogens (tertiary/aromatic N) is 3. The summed E-state index contributed by atoms with van der Waals surface area (Å²) < 4.78 is 1.70. The number of pyridine rings is 1. The number of carboxylic acids is 1. The summed E-state index contributed by atoms with van der Waals surface area (Å²) in [6, 6.07) is 1.15. The predicted octanol–water partition coefficient (Wildman–Crippen LogP) is 1.80. The Kier molecular flexibility index (Phi) is 3.42. The third kappa shape index (κ3) is 2.38. The number of anilines is 1.